The number of benzene rings is 1. The summed E-state index contributed by atoms with van der Waals surface area (Å²) in [6.45, 7) is 3.77. The lowest BCUT2D eigenvalue weighted by atomic mass is 10.1. The van der Waals surface area contributed by atoms with Gasteiger partial charge in [-0.3, -0.25) is 14.2 Å². The highest BCUT2D eigenvalue weighted by Crippen LogP contribution is 2.15. The van der Waals surface area contributed by atoms with Gasteiger partial charge in [0.25, 0.3) is 11.5 Å². The van der Waals surface area contributed by atoms with Gasteiger partial charge in [0, 0.05) is 25.3 Å². The molecule has 1 saturated heterocycles. The molecule has 1 atom stereocenters. The van der Waals surface area contributed by atoms with Gasteiger partial charge in [-0.15, -0.1) is 0 Å². The number of carbonyl (C=O) groups is 1. The van der Waals surface area contributed by atoms with Crippen LogP contribution in [0.4, 0.5) is 0 Å². The van der Waals surface area contributed by atoms with Crippen molar-refractivity contribution in [3.05, 3.63) is 38.9 Å². The van der Waals surface area contributed by atoms with E-state index in [2.05, 4.69) is 10.3 Å². The summed E-state index contributed by atoms with van der Waals surface area (Å²) in [6.07, 6.45) is 3.23. The molecule has 24 heavy (non-hydrogen) atoms. The summed E-state index contributed by atoms with van der Waals surface area (Å²) < 4.78 is 7.41. The van der Waals surface area contributed by atoms with Crippen molar-refractivity contribution in [2.75, 3.05) is 13.2 Å². The summed E-state index contributed by atoms with van der Waals surface area (Å²) in [5.41, 5.74) is 0.956. The molecule has 1 aromatic carbocycles. The molecule has 6 nitrogen and oxygen atoms in total. The second kappa shape index (κ2) is 7.27. The predicted octanol–water partition coefficient (Wildman–Crippen LogP) is 2.38. The zero-order valence-electron chi connectivity index (χ0n) is 13.6. The van der Waals surface area contributed by atoms with Crippen molar-refractivity contribution in [2.24, 2.45) is 0 Å². The largest absolute Gasteiger partial charge is 0.378 e. The van der Waals surface area contributed by atoms with Crippen LogP contribution in [0.15, 0.2) is 23.0 Å². The van der Waals surface area contributed by atoms with Gasteiger partial charge < -0.3 is 15.0 Å². The highest BCUT2D eigenvalue weighted by atomic mass is 32.1. The fourth-order valence-electron chi connectivity index (χ4n) is 3.00. The standard InChI is InChI=1S/C17H21N3O3S/c1-2-20-16(22)13-6-5-11(10-14(13)19-17(20)24)15(21)18-8-7-12-4-3-9-23-12/h5-6,10,12H,2-4,7-9H2,1H3,(H,18,21)(H,19,24)/t12-/m1/s1. The Bertz CT molecular complexity index is 865. The number of aromatic amines is 1. The number of aromatic nitrogens is 2. The molecule has 0 spiro atoms. The predicted molar refractivity (Wildman–Crippen MR) is 95.0 cm³/mol. The van der Waals surface area contributed by atoms with Crippen molar-refractivity contribution in [2.45, 2.75) is 38.8 Å². The van der Waals surface area contributed by atoms with Crippen molar-refractivity contribution in [3.63, 3.8) is 0 Å². The van der Waals surface area contributed by atoms with Crippen LogP contribution in [0, 0.1) is 4.77 Å². The van der Waals surface area contributed by atoms with E-state index in [1.54, 1.807) is 18.2 Å². The lowest BCUT2D eigenvalue weighted by molar-refractivity contribution is 0.0907. The Hall–Kier alpha value is -1.99. The van der Waals surface area contributed by atoms with Gasteiger partial charge in [0.1, 0.15) is 0 Å². The third kappa shape index (κ3) is 3.42. The maximum absolute atomic E-state index is 12.3. The van der Waals surface area contributed by atoms with Gasteiger partial charge in [0.15, 0.2) is 4.77 Å². The first-order valence-electron chi connectivity index (χ1n) is 8.27. The first-order chi connectivity index (χ1) is 11.6. The number of ether oxygens (including phenoxy) is 1. The number of H-pyrrole nitrogens is 1. The summed E-state index contributed by atoms with van der Waals surface area (Å²) in [6, 6.07) is 5.01. The van der Waals surface area contributed by atoms with E-state index in [4.69, 9.17) is 17.0 Å². The molecule has 0 saturated carbocycles. The Morgan fingerprint density at radius 2 is 2.33 bits per heavy atom. The number of nitrogens with one attached hydrogen (secondary N) is 2. The Balaban J connectivity index is 1.76. The molecule has 1 fully saturated rings. The molecule has 0 radical (unpaired) electrons. The van der Waals surface area contributed by atoms with Crippen molar-refractivity contribution >= 4 is 29.0 Å². The van der Waals surface area contributed by atoms with Crippen LogP contribution in [-0.4, -0.2) is 34.7 Å². The van der Waals surface area contributed by atoms with E-state index in [1.807, 2.05) is 6.92 Å². The van der Waals surface area contributed by atoms with E-state index in [0.29, 0.717) is 34.3 Å². The molecule has 1 aliphatic rings. The Kier molecular flexibility index (Phi) is 5.11. The Morgan fingerprint density at radius 3 is 3.04 bits per heavy atom. The highest BCUT2D eigenvalue weighted by Gasteiger charge is 2.15. The molecule has 0 aliphatic carbocycles. The minimum atomic E-state index is -0.158. The molecular formula is C17H21N3O3S. The zero-order chi connectivity index (χ0) is 17.1. The van der Waals surface area contributed by atoms with Crippen molar-refractivity contribution in [3.8, 4) is 0 Å². The SMILES string of the molecule is CCn1c(=S)[nH]c2cc(C(=O)NCC[C@H]3CCCO3)ccc2c1=O. The summed E-state index contributed by atoms with van der Waals surface area (Å²) in [4.78, 5) is 27.6. The maximum Gasteiger partial charge on any atom is 0.262 e. The van der Waals surface area contributed by atoms with Gasteiger partial charge in [0.05, 0.1) is 17.0 Å². The van der Waals surface area contributed by atoms with Gasteiger partial charge >= 0.3 is 0 Å². The van der Waals surface area contributed by atoms with Crippen LogP contribution in [0.2, 0.25) is 0 Å². The monoisotopic (exact) mass is 347 g/mol. The minimum Gasteiger partial charge on any atom is -0.378 e. The molecule has 128 valence electrons. The van der Waals surface area contributed by atoms with E-state index in [1.165, 1.54) is 4.57 Å². The average Bonchev–Trinajstić information content (AvgIpc) is 3.08. The molecule has 0 bridgehead atoms. The number of hydrogen-bond acceptors (Lipinski definition) is 4. The summed E-state index contributed by atoms with van der Waals surface area (Å²) in [5, 5.41) is 3.43. The number of hydrogen-bond donors (Lipinski definition) is 2. The molecule has 3 rings (SSSR count). The molecule has 7 heteroatoms. The van der Waals surface area contributed by atoms with Crippen LogP contribution in [0.5, 0.6) is 0 Å². The van der Waals surface area contributed by atoms with Gasteiger partial charge in [-0.2, -0.15) is 0 Å². The molecule has 1 aliphatic heterocycles. The van der Waals surface area contributed by atoms with E-state index in [9.17, 15) is 9.59 Å². The van der Waals surface area contributed by atoms with E-state index < -0.39 is 0 Å². The van der Waals surface area contributed by atoms with Crippen LogP contribution >= 0.6 is 12.2 Å². The van der Waals surface area contributed by atoms with Crippen LogP contribution in [0.1, 0.15) is 36.5 Å². The fraction of sp³-hybridized carbons (Fsp3) is 0.471. The van der Waals surface area contributed by atoms with Crippen molar-refractivity contribution in [1.29, 1.82) is 0 Å². The lowest BCUT2D eigenvalue weighted by Crippen LogP contribution is -2.27. The number of fused-ring (bicyclic) bond motifs is 1. The first-order valence-corrected chi connectivity index (χ1v) is 8.67. The van der Waals surface area contributed by atoms with Crippen LogP contribution in [0.25, 0.3) is 10.9 Å². The fourth-order valence-corrected chi connectivity index (χ4v) is 3.33. The lowest BCUT2D eigenvalue weighted by Gasteiger charge is -2.11. The second-order valence-electron chi connectivity index (χ2n) is 5.92. The molecule has 1 amide bonds. The zero-order valence-corrected chi connectivity index (χ0v) is 14.4. The maximum atomic E-state index is 12.3. The smallest absolute Gasteiger partial charge is 0.262 e. The molecule has 2 aromatic rings. The van der Waals surface area contributed by atoms with Gasteiger partial charge in [-0.1, -0.05) is 0 Å². The molecule has 2 heterocycles. The molecule has 1 aromatic heterocycles. The van der Waals surface area contributed by atoms with E-state index in [0.717, 1.165) is 25.9 Å². The third-order valence-electron chi connectivity index (χ3n) is 4.34. The van der Waals surface area contributed by atoms with Crippen LogP contribution in [0.3, 0.4) is 0 Å². The quantitative estimate of drug-likeness (QED) is 0.814. The van der Waals surface area contributed by atoms with E-state index >= 15 is 0 Å². The number of amides is 1. The van der Waals surface area contributed by atoms with Gasteiger partial charge in [0.2, 0.25) is 0 Å². The number of nitrogens with zero attached hydrogens (tertiary/aromatic N) is 1. The topological polar surface area (TPSA) is 76.1 Å². The summed E-state index contributed by atoms with van der Waals surface area (Å²) >= 11 is 5.20. The van der Waals surface area contributed by atoms with Crippen LogP contribution < -0.4 is 10.9 Å². The Morgan fingerprint density at radius 1 is 1.50 bits per heavy atom. The Labute approximate surface area is 144 Å². The average molecular weight is 347 g/mol. The summed E-state index contributed by atoms with van der Waals surface area (Å²) in [7, 11) is 0. The van der Waals surface area contributed by atoms with E-state index in [-0.39, 0.29) is 17.6 Å². The first kappa shape index (κ1) is 16.9. The third-order valence-corrected chi connectivity index (χ3v) is 4.66. The van der Waals surface area contributed by atoms with Gasteiger partial charge in [-0.25, -0.2) is 0 Å². The van der Waals surface area contributed by atoms with Crippen LogP contribution in [-0.2, 0) is 11.3 Å². The number of carbonyl (C=O) groups excluding carboxylic acids is 1. The van der Waals surface area contributed by atoms with Gasteiger partial charge in [-0.05, 0) is 56.6 Å². The highest BCUT2D eigenvalue weighted by molar-refractivity contribution is 7.71. The number of rotatable bonds is 5. The van der Waals surface area contributed by atoms with Crippen molar-refractivity contribution < 1.29 is 9.53 Å². The normalized spacial score (nSPS) is 17.3. The molecule has 2 N–H and O–H groups in total. The molecular weight excluding hydrogens is 326 g/mol. The second-order valence-corrected chi connectivity index (χ2v) is 6.31. The van der Waals surface area contributed by atoms with Crippen molar-refractivity contribution in [1.82, 2.24) is 14.9 Å². The molecule has 0 unspecified atom stereocenters. The summed E-state index contributed by atoms with van der Waals surface area (Å²) in [5.74, 6) is -0.158. The minimum absolute atomic E-state index is 0.137.